The highest BCUT2D eigenvalue weighted by atomic mass is 16.5. The van der Waals surface area contributed by atoms with Crippen LogP contribution in [0.3, 0.4) is 0 Å². The fourth-order valence-electron chi connectivity index (χ4n) is 3.04. The third-order valence-corrected chi connectivity index (χ3v) is 4.61. The molecule has 152 valence electrons. The first-order valence-corrected chi connectivity index (χ1v) is 9.92. The van der Waals surface area contributed by atoms with E-state index in [9.17, 15) is 0 Å². The average Bonchev–Trinajstić information content (AvgIpc) is 3.36. The lowest BCUT2D eigenvalue weighted by molar-refractivity contribution is 0.140. The van der Waals surface area contributed by atoms with Gasteiger partial charge in [-0.2, -0.15) is 0 Å². The van der Waals surface area contributed by atoms with E-state index >= 15 is 0 Å². The number of aliphatic imine (C=N–C) groups is 1. The molecule has 0 aliphatic carbocycles. The van der Waals surface area contributed by atoms with E-state index in [1.165, 1.54) is 5.56 Å². The Morgan fingerprint density at radius 2 is 2.25 bits per heavy atom. The molecule has 1 aliphatic rings. The molecule has 1 atom stereocenters. The Hall–Kier alpha value is -2.61. The van der Waals surface area contributed by atoms with Crippen LogP contribution in [-0.2, 0) is 24.4 Å². The summed E-state index contributed by atoms with van der Waals surface area (Å²) < 4.78 is 13.6. The summed E-state index contributed by atoms with van der Waals surface area (Å²) in [6.45, 7) is 10.3. The Kier molecular flexibility index (Phi) is 7.25. The van der Waals surface area contributed by atoms with Gasteiger partial charge in [-0.1, -0.05) is 12.1 Å². The molecule has 0 spiro atoms. The van der Waals surface area contributed by atoms with Crippen LogP contribution < -0.4 is 15.4 Å². The van der Waals surface area contributed by atoms with E-state index in [2.05, 4.69) is 52.9 Å². The summed E-state index contributed by atoms with van der Waals surface area (Å²) in [6.07, 6.45) is 2.79. The molecule has 3 rings (SSSR count). The van der Waals surface area contributed by atoms with E-state index in [0.717, 1.165) is 49.2 Å². The molecule has 1 aromatic heterocycles. The highest BCUT2D eigenvalue weighted by Gasteiger charge is 2.18. The lowest BCUT2D eigenvalue weighted by Gasteiger charge is -2.16. The molecule has 2 aromatic rings. The van der Waals surface area contributed by atoms with Crippen LogP contribution in [0.25, 0.3) is 0 Å². The fraction of sp³-hybridized carbons (Fsp3) is 0.550. The summed E-state index contributed by atoms with van der Waals surface area (Å²) in [5.74, 6) is 2.51. The number of benzene rings is 1. The van der Waals surface area contributed by atoms with E-state index in [0.29, 0.717) is 19.7 Å². The smallest absolute Gasteiger partial charge is 0.191 e. The Balaban J connectivity index is 1.68. The van der Waals surface area contributed by atoms with Crippen LogP contribution in [0.5, 0.6) is 5.75 Å². The fourth-order valence-corrected chi connectivity index (χ4v) is 3.04. The van der Waals surface area contributed by atoms with Gasteiger partial charge in [-0.05, 0) is 32.4 Å². The van der Waals surface area contributed by atoms with Crippen molar-refractivity contribution in [1.29, 1.82) is 0 Å². The second-order valence-electron chi connectivity index (χ2n) is 6.80. The number of nitrogens with zero attached hydrogens (tertiary/aromatic N) is 4. The quantitative estimate of drug-likeness (QED) is 0.533. The summed E-state index contributed by atoms with van der Waals surface area (Å²) in [5, 5.41) is 14.7. The second-order valence-corrected chi connectivity index (χ2v) is 6.80. The van der Waals surface area contributed by atoms with Crippen molar-refractivity contribution in [2.45, 2.75) is 52.9 Å². The second kappa shape index (κ2) is 10.1. The molecule has 8 nitrogen and oxygen atoms in total. The Morgan fingerprint density at radius 3 is 3.00 bits per heavy atom. The normalized spacial score (nSPS) is 17.0. The third-order valence-electron chi connectivity index (χ3n) is 4.61. The molecule has 28 heavy (non-hydrogen) atoms. The van der Waals surface area contributed by atoms with E-state index in [1.54, 1.807) is 6.33 Å². The topological polar surface area (TPSA) is 85.6 Å². The van der Waals surface area contributed by atoms with Crippen LogP contribution >= 0.6 is 0 Å². The molecule has 1 saturated heterocycles. The first-order valence-electron chi connectivity index (χ1n) is 9.92. The number of nitrogens with one attached hydrogen (secondary N) is 2. The maximum Gasteiger partial charge on any atom is 0.191 e. The van der Waals surface area contributed by atoms with Gasteiger partial charge in [0, 0.05) is 25.1 Å². The lowest BCUT2D eigenvalue weighted by atomic mass is 10.1. The molecular formula is C20H30N6O2. The summed E-state index contributed by atoms with van der Waals surface area (Å²) in [4.78, 5) is 4.73. The van der Waals surface area contributed by atoms with Crippen molar-refractivity contribution in [3.05, 3.63) is 41.5 Å². The Labute approximate surface area is 166 Å². The minimum Gasteiger partial charge on any atom is -0.488 e. The van der Waals surface area contributed by atoms with Gasteiger partial charge in [0.2, 0.25) is 0 Å². The van der Waals surface area contributed by atoms with Crippen molar-refractivity contribution in [2.75, 3.05) is 19.8 Å². The molecule has 1 unspecified atom stereocenters. The molecule has 0 bridgehead atoms. The number of guanidine groups is 1. The highest BCUT2D eigenvalue weighted by Crippen LogP contribution is 2.24. The van der Waals surface area contributed by atoms with Crippen molar-refractivity contribution in [1.82, 2.24) is 25.4 Å². The predicted octanol–water partition coefficient (Wildman–Crippen LogP) is 2.03. The van der Waals surface area contributed by atoms with Crippen molar-refractivity contribution in [3.8, 4) is 5.75 Å². The van der Waals surface area contributed by atoms with Gasteiger partial charge in [-0.25, -0.2) is 4.99 Å². The molecular weight excluding hydrogens is 356 g/mol. The zero-order valence-corrected chi connectivity index (χ0v) is 16.9. The van der Waals surface area contributed by atoms with Crippen molar-refractivity contribution < 1.29 is 9.47 Å². The van der Waals surface area contributed by atoms with Crippen LogP contribution in [0.4, 0.5) is 0 Å². The van der Waals surface area contributed by atoms with Crippen LogP contribution in [0.15, 0.2) is 29.5 Å². The van der Waals surface area contributed by atoms with Crippen molar-refractivity contribution in [3.63, 3.8) is 0 Å². The van der Waals surface area contributed by atoms with Gasteiger partial charge >= 0.3 is 0 Å². The van der Waals surface area contributed by atoms with Gasteiger partial charge in [0.15, 0.2) is 11.8 Å². The molecule has 8 heteroatoms. The lowest BCUT2D eigenvalue weighted by Crippen LogP contribution is -2.37. The SMILES string of the molecule is CCNC(=NCc1ccc(C)cc1OC1CCOC1)NCc1nncn1CC. The van der Waals surface area contributed by atoms with Gasteiger partial charge in [0.05, 0.1) is 26.3 Å². The number of hydrogen-bond acceptors (Lipinski definition) is 5. The molecule has 0 saturated carbocycles. The van der Waals surface area contributed by atoms with Crippen molar-refractivity contribution >= 4 is 5.96 Å². The Bertz CT molecular complexity index is 783. The summed E-state index contributed by atoms with van der Waals surface area (Å²) >= 11 is 0. The number of hydrogen-bond donors (Lipinski definition) is 2. The largest absolute Gasteiger partial charge is 0.488 e. The maximum absolute atomic E-state index is 6.17. The standard InChI is InChI=1S/C20H30N6O2/c1-4-21-20(23-12-19-25-24-14-26(19)5-2)22-11-16-7-6-15(3)10-18(16)28-17-8-9-27-13-17/h6-7,10,14,17H,4-5,8-9,11-13H2,1-3H3,(H2,21,22,23). The average molecular weight is 387 g/mol. The maximum atomic E-state index is 6.17. The zero-order valence-electron chi connectivity index (χ0n) is 16.9. The van der Waals surface area contributed by atoms with Gasteiger partial charge in [0.25, 0.3) is 0 Å². The molecule has 1 fully saturated rings. The van der Waals surface area contributed by atoms with Crippen LogP contribution in [0.2, 0.25) is 0 Å². The molecule has 1 aliphatic heterocycles. The van der Waals surface area contributed by atoms with Crippen molar-refractivity contribution in [2.24, 2.45) is 4.99 Å². The molecule has 0 radical (unpaired) electrons. The number of aromatic nitrogens is 3. The molecule has 0 amide bonds. The van der Waals surface area contributed by atoms with Gasteiger partial charge in [-0.15, -0.1) is 10.2 Å². The van der Waals surface area contributed by atoms with E-state index < -0.39 is 0 Å². The predicted molar refractivity (Wildman–Crippen MR) is 108 cm³/mol. The van der Waals surface area contributed by atoms with Gasteiger partial charge < -0.3 is 24.7 Å². The first kappa shape index (κ1) is 20.1. The molecule has 1 aromatic carbocycles. The minimum atomic E-state index is 0.122. The van der Waals surface area contributed by atoms with Gasteiger partial charge in [0.1, 0.15) is 18.2 Å². The summed E-state index contributed by atoms with van der Waals surface area (Å²) in [7, 11) is 0. The van der Waals surface area contributed by atoms with Gasteiger partial charge in [-0.3, -0.25) is 0 Å². The monoisotopic (exact) mass is 386 g/mol. The van der Waals surface area contributed by atoms with Crippen LogP contribution in [0.1, 0.15) is 37.2 Å². The number of rotatable bonds is 8. The number of ether oxygens (including phenoxy) is 2. The molecule has 2 N–H and O–H groups in total. The van der Waals surface area contributed by atoms with E-state index in [-0.39, 0.29) is 6.10 Å². The van der Waals surface area contributed by atoms with E-state index in [4.69, 9.17) is 14.5 Å². The zero-order chi connectivity index (χ0) is 19.8. The van der Waals surface area contributed by atoms with E-state index in [1.807, 2.05) is 11.5 Å². The highest BCUT2D eigenvalue weighted by molar-refractivity contribution is 5.79. The minimum absolute atomic E-state index is 0.122. The number of aryl methyl sites for hydroxylation is 2. The Morgan fingerprint density at radius 1 is 1.36 bits per heavy atom. The summed E-state index contributed by atoms with van der Waals surface area (Å²) in [6, 6.07) is 6.25. The third kappa shape index (κ3) is 5.45. The summed E-state index contributed by atoms with van der Waals surface area (Å²) in [5.41, 5.74) is 2.23. The van der Waals surface area contributed by atoms with Crippen LogP contribution in [0, 0.1) is 6.92 Å². The van der Waals surface area contributed by atoms with Crippen LogP contribution in [-0.4, -0.2) is 46.6 Å². The first-order chi connectivity index (χ1) is 13.7. The molecule has 2 heterocycles.